The van der Waals surface area contributed by atoms with Gasteiger partial charge in [0.25, 0.3) is 5.91 Å². The molecule has 1 N–H and O–H groups in total. The summed E-state index contributed by atoms with van der Waals surface area (Å²) in [6.07, 6.45) is 5.51. The van der Waals surface area contributed by atoms with Gasteiger partial charge >= 0.3 is 0 Å². The highest BCUT2D eigenvalue weighted by Gasteiger charge is 2.40. The van der Waals surface area contributed by atoms with E-state index in [4.69, 9.17) is 0 Å². The quantitative estimate of drug-likeness (QED) is 0.671. The number of carbonyl (C=O) groups excluding carboxylic acids is 2. The van der Waals surface area contributed by atoms with Crippen LogP contribution in [0.15, 0.2) is 65.6 Å². The van der Waals surface area contributed by atoms with E-state index < -0.39 is 0 Å². The van der Waals surface area contributed by atoms with Crippen LogP contribution in [0.1, 0.15) is 49.8 Å². The highest BCUT2D eigenvalue weighted by atomic mass is 32.2. The van der Waals surface area contributed by atoms with E-state index >= 15 is 0 Å². The molecule has 2 aromatic rings. The number of benzene rings is 2. The summed E-state index contributed by atoms with van der Waals surface area (Å²) in [7, 11) is 0. The molecule has 31 heavy (non-hydrogen) atoms. The number of fused-ring (bicyclic) bond motifs is 1. The Morgan fingerprint density at radius 1 is 1.16 bits per heavy atom. The predicted octanol–water partition coefficient (Wildman–Crippen LogP) is 4.97. The number of rotatable bonds is 5. The summed E-state index contributed by atoms with van der Waals surface area (Å²) in [6.45, 7) is 2.15. The molecule has 4 nitrogen and oxygen atoms in total. The summed E-state index contributed by atoms with van der Waals surface area (Å²) in [4.78, 5) is 28.2. The topological polar surface area (TPSA) is 49.4 Å². The predicted molar refractivity (Wildman–Crippen MR) is 122 cm³/mol. The van der Waals surface area contributed by atoms with Crippen molar-refractivity contribution in [2.75, 3.05) is 0 Å². The molecule has 0 aromatic heterocycles. The maximum absolute atomic E-state index is 14.3. The second-order valence-electron chi connectivity index (χ2n) is 8.18. The van der Waals surface area contributed by atoms with E-state index in [9.17, 15) is 14.0 Å². The van der Waals surface area contributed by atoms with E-state index in [0.29, 0.717) is 10.5 Å². The number of nitrogens with zero attached hydrogens (tertiary/aromatic N) is 1. The van der Waals surface area contributed by atoms with Gasteiger partial charge in [0.15, 0.2) is 0 Å². The molecular formula is C25H27FN2O2S. The monoisotopic (exact) mass is 438 g/mol. The molecule has 1 aliphatic carbocycles. The van der Waals surface area contributed by atoms with Crippen molar-refractivity contribution >= 4 is 23.6 Å². The van der Waals surface area contributed by atoms with Crippen LogP contribution in [0.4, 0.5) is 4.39 Å². The smallest absolute Gasteiger partial charge is 0.261 e. The first-order valence-corrected chi connectivity index (χ1v) is 11.7. The molecule has 4 rings (SSSR count). The van der Waals surface area contributed by atoms with Gasteiger partial charge < -0.3 is 10.2 Å². The number of halogens is 1. The minimum atomic E-state index is -0.305. The number of hydrogen-bond acceptors (Lipinski definition) is 3. The molecule has 6 heteroatoms. The van der Waals surface area contributed by atoms with Crippen molar-refractivity contribution in [2.24, 2.45) is 0 Å². The van der Waals surface area contributed by atoms with Crippen molar-refractivity contribution in [2.45, 2.75) is 56.5 Å². The Bertz CT molecular complexity index is 978. The molecule has 2 aromatic carbocycles. The zero-order valence-corrected chi connectivity index (χ0v) is 18.4. The first kappa shape index (κ1) is 21.6. The molecule has 0 bridgehead atoms. The van der Waals surface area contributed by atoms with Gasteiger partial charge in [-0.25, -0.2) is 4.39 Å². The van der Waals surface area contributed by atoms with Crippen molar-refractivity contribution in [1.29, 1.82) is 0 Å². The normalized spacial score (nSPS) is 23.4. The van der Waals surface area contributed by atoms with Crippen LogP contribution in [-0.2, 0) is 16.1 Å². The van der Waals surface area contributed by atoms with E-state index in [1.807, 2.05) is 37.3 Å². The summed E-state index contributed by atoms with van der Waals surface area (Å²) in [5.41, 5.74) is 1.51. The summed E-state index contributed by atoms with van der Waals surface area (Å²) < 4.78 is 14.3. The van der Waals surface area contributed by atoms with E-state index in [1.165, 1.54) is 23.9 Å². The largest absolute Gasteiger partial charge is 0.346 e. The molecule has 2 amide bonds. The second kappa shape index (κ2) is 9.69. The summed E-state index contributed by atoms with van der Waals surface area (Å²) in [5, 5.41) is 3.19. The van der Waals surface area contributed by atoms with E-state index in [2.05, 4.69) is 5.32 Å². The fourth-order valence-corrected chi connectivity index (χ4v) is 5.81. The van der Waals surface area contributed by atoms with Crippen LogP contribution in [0, 0.1) is 5.82 Å². The standard InChI is InChI=1S/C25H27FN2O2S/c1-17(18-9-3-2-4-10-18)27-24(29)15-23-25(30)28(16-19-11-5-6-12-20(19)26)21-13-7-8-14-22(21)31-23/h2-6,9-12,15,17,21-22H,7-8,13-14,16H2,1H3,(H,27,29)/b23-15-. The highest BCUT2D eigenvalue weighted by molar-refractivity contribution is 8.04. The van der Waals surface area contributed by atoms with Crippen LogP contribution in [-0.4, -0.2) is 28.0 Å². The van der Waals surface area contributed by atoms with Crippen molar-refractivity contribution in [3.63, 3.8) is 0 Å². The van der Waals surface area contributed by atoms with Gasteiger partial charge in [-0.3, -0.25) is 9.59 Å². The van der Waals surface area contributed by atoms with E-state index in [-0.39, 0.29) is 41.5 Å². The van der Waals surface area contributed by atoms with Crippen LogP contribution in [0.3, 0.4) is 0 Å². The number of hydrogen-bond donors (Lipinski definition) is 1. The Balaban J connectivity index is 1.54. The molecule has 0 radical (unpaired) electrons. The molecule has 1 heterocycles. The van der Waals surface area contributed by atoms with Crippen molar-refractivity contribution in [3.05, 3.63) is 82.5 Å². The van der Waals surface area contributed by atoms with Crippen LogP contribution < -0.4 is 5.32 Å². The van der Waals surface area contributed by atoms with Gasteiger partial charge in [0.05, 0.1) is 10.9 Å². The fourth-order valence-electron chi connectivity index (χ4n) is 4.37. The Labute approximate surface area is 186 Å². The lowest BCUT2D eigenvalue weighted by molar-refractivity contribution is -0.130. The molecular weight excluding hydrogens is 411 g/mol. The molecule has 2 aliphatic rings. The average molecular weight is 439 g/mol. The molecule has 162 valence electrons. The van der Waals surface area contributed by atoms with Gasteiger partial charge in [-0.15, -0.1) is 11.8 Å². The number of amides is 2. The summed E-state index contributed by atoms with van der Waals surface area (Å²) in [6, 6.07) is 16.2. The van der Waals surface area contributed by atoms with Crippen molar-refractivity contribution in [3.8, 4) is 0 Å². The molecule has 2 fully saturated rings. The Hall–Kier alpha value is -2.60. The molecule has 1 saturated carbocycles. The van der Waals surface area contributed by atoms with Gasteiger partial charge in [-0.05, 0) is 31.4 Å². The summed E-state index contributed by atoms with van der Waals surface area (Å²) in [5.74, 6) is -0.771. The number of nitrogens with one attached hydrogen (secondary N) is 1. The number of thioether (sulfide) groups is 1. The summed E-state index contributed by atoms with van der Waals surface area (Å²) >= 11 is 1.51. The van der Waals surface area contributed by atoms with Gasteiger partial charge in [0, 0.05) is 29.5 Å². The third-order valence-electron chi connectivity index (χ3n) is 6.04. The van der Waals surface area contributed by atoms with Crippen molar-refractivity contribution < 1.29 is 14.0 Å². The van der Waals surface area contributed by atoms with Gasteiger partial charge in [0.2, 0.25) is 5.91 Å². The Morgan fingerprint density at radius 2 is 1.87 bits per heavy atom. The van der Waals surface area contributed by atoms with E-state index in [1.54, 1.807) is 23.1 Å². The van der Waals surface area contributed by atoms with Gasteiger partial charge in [-0.1, -0.05) is 61.4 Å². The molecule has 0 spiro atoms. The first-order valence-electron chi connectivity index (χ1n) is 10.8. The second-order valence-corrected chi connectivity index (χ2v) is 9.46. The zero-order chi connectivity index (χ0) is 21.8. The Morgan fingerprint density at radius 3 is 2.65 bits per heavy atom. The third kappa shape index (κ3) is 5.01. The lowest BCUT2D eigenvalue weighted by Gasteiger charge is -2.44. The minimum Gasteiger partial charge on any atom is -0.346 e. The van der Waals surface area contributed by atoms with Crippen LogP contribution in [0.5, 0.6) is 0 Å². The fraction of sp³-hybridized carbons (Fsp3) is 0.360. The molecule has 3 atom stereocenters. The molecule has 1 saturated heterocycles. The average Bonchev–Trinajstić information content (AvgIpc) is 2.78. The van der Waals surface area contributed by atoms with Gasteiger partial charge in [0.1, 0.15) is 5.82 Å². The highest BCUT2D eigenvalue weighted by Crippen LogP contribution is 2.42. The molecule has 3 unspecified atom stereocenters. The Kier molecular flexibility index (Phi) is 6.76. The van der Waals surface area contributed by atoms with Crippen LogP contribution >= 0.6 is 11.8 Å². The lowest BCUT2D eigenvalue weighted by atomic mass is 9.92. The third-order valence-corrected chi connectivity index (χ3v) is 7.44. The van der Waals surface area contributed by atoms with Crippen LogP contribution in [0.2, 0.25) is 0 Å². The minimum absolute atomic E-state index is 0.0781. The first-order chi connectivity index (χ1) is 15.0. The molecule has 1 aliphatic heterocycles. The zero-order valence-electron chi connectivity index (χ0n) is 17.6. The maximum atomic E-state index is 14.3. The van der Waals surface area contributed by atoms with Crippen molar-refractivity contribution in [1.82, 2.24) is 10.2 Å². The number of carbonyl (C=O) groups is 2. The lowest BCUT2D eigenvalue weighted by Crippen LogP contribution is -2.51. The maximum Gasteiger partial charge on any atom is 0.261 e. The van der Waals surface area contributed by atoms with E-state index in [0.717, 1.165) is 31.2 Å². The SMILES string of the molecule is CC(NC(=O)/C=C1\SC2CCCCC2N(Cc2ccccc2F)C1=O)c1ccccc1. The van der Waals surface area contributed by atoms with Crippen LogP contribution in [0.25, 0.3) is 0 Å². The van der Waals surface area contributed by atoms with Gasteiger partial charge in [-0.2, -0.15) is 0 Å².